The van der Waals surface area contributed by atoms with E-state index in [9.17, 15) is 4.79 Å². The Morgan fingerprint density at radius 3 is 2.94 bits per heavy atom. The predicted molar refractivity (Wildman–Crippen MR) is 64.6 cm³/mol. The number of aliphatic hydroxyl groups excluding tert-OH is 1. The van der Waals surface area contributed by atoms with Crippen molar-refractivity contribution in [3.63, 3.8) is 0 Å². The Labute approximate surface area is 101 Å². The first-order chi connectivity index (χ1) is 8.33. The zero-order valence-corrected chi connectivity index (χ0v) is 9.88. The van der Waals surface area contributed by atoms with E-state index in [0.717, 1.165) is 32.2 Å². The van der Waals surface area contributed by atoms with Gasteiger partial charge < -0.3 is 10.0 Å². The van der Waals surface area contributed by atoms with Crippen molar-refractivity contribution >= 4 is 5.91 Å². The first kappa shape index (κ1) is 12.0. The summed E-state index contributed by atoms with van der Waals surface area (Å²) in [6, 6.07) is 3.80. The molecule has 0 radical (unpaired) electrons. The van der Waals surface area contributed by atoms with Crippen LogP contribution in [0.2, 0.25) is 0 Å². The third-order valence-corrected chi connectivity index (χ3v) is 3.26. The molecule has 0 unspecified atom stereocenters. The quantitative estimate of drug-likeness (QED) is 0.858. The van der Waals surface area contributed by atoms with Gasteiger partial charge in [-0.05, 0) is 37.8 Å². The van der Waals surface area contributed by atoms with Crippen LogP contribution < -0.4 is 0 Å². The van der Waals surface area contributed by atoms with E-state index in [4.69, 9.17) is 5.11 Å². The van der Waals surface area contributed by atoms with Crippen LogP contribution in [0.5, 0.6) is 0 Å². The van der Waals surface area contributed by atoms with Crippen molar-refractivity contribution in [2.24, 2.45) is 0 Å². The molecule has 4 nitrogen and oxygen atoms in total. The molecule has 4 heteroatoms. The summed E-state index contributed by atoms with van der Waals surface area (Å²) < 4.78 is 0. The second kappa shape index (κ2) is 5.77. The normalized spacial score (nSPS) is 19.6. The molecule has 1 fully saturated rings. The highest BCUT2D eigenvalue weighted by atomic mass is 16.3. The lowest BCUT2D eigenvalue weighted by Gasteiger charge is -2.24. The Kier molecular flexibility index (Phi) is 4.09. The van der Waals surface area contributed by atoms with Gasteiger partial charge in [-0.1, -0.05) is 0 Å². The van der Waals surface area contributed by atoms with E-state index in [2.05, 4.69) is 4.98 Å². The lowest BCUT2D eigenvalue weighted by molar-refractivity contribution is 0.0724. The fourth-order valence-electron chi connectivity index (χ4n) is 2.39. The monoisotopic (exact) mass is 234 g/mol. The number of nitrogens with zero attached hydrogens (tertiary/aromatic N) is 2. The molecule has 0 spiro atoms. The van der Waals surface area contributed by atoms with Crippen molar-refractivity contribution in [1.82, 2.24) is 9.88 Å². The summed E-state index contributed by atoms with van der Waals surface area (Å²) in [6.07, 6.45) is 7.07. The number of aliphatic hydroxyl groups is 1. The molecule has 1 saturated heterocycles. The third kappa shape index (κ3) is 2.82. The number of rotatable bonds is 4. The molecular weight excluding hydrogens is 216 g/mol. The van der Waals surface area contributed by atoms with Gasteiger partial charge in [0, 0.05) is 37.2 Å². The van der Waals surface area contributed by atoms with Crippen LogP contribution in [0.3, 0.4) is 0 Å². The minimum atomic E-state index is 0.0906. The first-order valence-corrected chi connectivity index (χ1v) is 6.15. The molecule has 1 aromatic heterocycles. The minimum absolute atomic E-state index is 0.0906. The number of amides is 1. The fraction of sp³-hybridized carbons (Fsp3) is 0.538. The molecule has 1 N–H and O–H groups in total. The Balaban J connectivity index is 2.03. The van der Waals surface area contributed by atoms with Crippen LogP contribution >= 0.6 is 0 Å². The van der Waals surface area contributed by atoms with Crippen molar-refractivity contribution in [3.8, 4) is 0 Å². The van der Waals surface area contributed by atoms with Gasteiger partial charge in [0.25, 0.3) is 5.91 Å². The van der Waals surface area contributed by atoms with Crippen LogP contribution in [0.25, 0.3) is 0 Å². The van der Waals surface area contributed by atoms with E-state index in [1.807, 2.05) is 4.90 Å². The van der Waals surface area contributed by atoms with Crippen LogP contribution in [0.15, 0.2) is 24.5 Å². The van der Waals surface area contributed by atoms with E-state index < -0.39 is 0 Å². The molecular formula is C13H18N2O2. The average molecular weight is 234 g/mol. The van der Waals surface area contributed by atoms with Crippen molar-refractivity contribution in [3.05, 3.63) is 30.1 Å². The number of likely N-dealkylation sites (tertiary alicyclic amines) is 1. The molecule has 92 valence electrons. The second-order valence-corrected chi connectivity index (χ2v) is 4.40. The number of hydrogen-bond donors (Lipinski definition) is 1. The van der Waals surface area contributed by atoms with E-state index >= 15 is 0 Å². The topological polar surface area (TPSA) is 53.4 Å². The molecule has 17 heavy (non-hydrogen) atoms. The van der Waals surface area contributed by atoms with Gasteiger partial charge in [-0.3, -0.25) is 9.78 Å². The maximum atomic E-state index is 12.3. The van der Waals surface area contributed by atoms with Crippen molar-refractivity contribution in [2.75, 3.05) is 13.2 Å². The van der Waals surface area contributed by atoms with Crippen LogP contribution in [0, 0.1) is 0 Å². The largest absolute Gasteiger partial charge is 0.396 e. The molecule has 2 heterocycles. The maximum Gasteiger partial charge on any atom is 0.254 e. The Morgan fingerprint density at radius 1 is 1.47 bits per heavy atom. The summed E-state index contributed by atoms with van der Waals surface area (Å²) in [4.78, 5) is 18.1. The lowest BCUT2D eigenvalue weighted by Crippen LogP contribution is -2.35. The average Bonchev–Trinajstić information content (AvgIpc) is 2.84. The molecule has 1 aliphatic heterocycles. The maximum absolute atomic E-state index is 12.3. The molecule has 1 amide bonds. The smallest absolute Gasteiger partial charge is 0.254 e. The van der Waals surface area contributed by atoms with E-state index in [1.54, 1.807) is 24.5 Å². The standard InChI is InChI=1S/C13H18N2O2/c16-10-2-4-12-3-1-9-15(12)13(17)11-5-7-14-8-6-11/h5-8,12,16H,1-4,9-10H2/t12-/m1/s1. The Morgan fingerprint density at radius 2 is 2.24 bits per heavy atom. The van der Waals surface area contributed by atoms with Gasteiger partial charge in [0.2, 0.25) is 0 Å². The summed E-state index contributed by atoms with van der Waals surface area (Å²) in [5, 5.41) is 8.86. The van der Waals surface area contributed by atoms with E-state index in [0.29, 0.717) is 11.6 Å². The molecule has 0 saturated carbocycles. The highest BCUT2D eigenvalue weighted by Crippen LogP contribution is 2.23. The summed E-state index contributed by atoms with van der Waals surface area (Å²) in [7, 11) is 0. The van der Waals surface area contributed by atoms with Crippen LogP contribution in [0.4, 0.5) is 0 Å². The Bertz CT molecular complexity index is 367. The number of aromatic nitrogens is 1. The molecule has 2 rings (SSSR count). The third-order valence-electron chi connectivity index (χ3n) is 3.26. The molecule has 1 atom stereocenters. The van der Waals surface area contributed by atoms with Crippen LogP contribution in [-0.4, -0.2) is 40.1 Å². The summed E-state index contributed by atoms with van der Waals surface area (Å²) in [5.74, 6) is 0.0906. The summed E-state index contributed by atoms with van der Waals surface area (Å²) in [5.41, 5.74) is 0.705. The van der Waals surface area contributed by atoms with Gasteiger partial charge >= 0.3 is 0 Å². The van der Waals surface area contributed by atoms with Gasteiger partial charge in [0.15, 0.2) is 0 Å². The molecule has 0 aliphatic carbocycles. The zero-order chi connectivity index (χ0) is 12.1. The van der Waals surface area contributed by atoms with Crippen molar-refractivity contribution in [2.45, 2.75) is 31.7 Å². The van der Waals surface area contributed by atoms with E-state index in [1.165, 1.54) is 0 Å². The van der Waals surface area contributed by atoms with E-state index in [-0.39, 0.29) is 12.5 Å². The van der Waals surface area contributed by atoms with Crippen molar-refractivity contribution in [1.29, 1.82) is 0 Å². The van der Waals surface area contributed by atoms with Gasteiger partial charge in [-0.15, -0.1) is 0 Å². The van der Waals surface area contributed by atoms with Gasteiger partial charge in [-0.2, -0.15) is 0 Å². The Hall–Kier alpha value is -1.42. The molecule has 0 bridgehead atoms. The second-order valence-electron chi connectivity index (χ2n) is 4.40. The van der Waals surface area contributed by atoms with Crippen LogP contribution in [-0.2, 0) is 0 Å². The highest BCUT2D eigenvalue weighted by molar-refractivity contribution is 5.94. The number of carbonyl (C=O) groups is 1. The molecule has 0 aromatic carbocycles. The predicted octanol–water partition coefficient (Wildman–Crippen LogP) is 1.46. The van der Waals surface area contributed by atoms with Crippen LogP contribution in [0.1, 0.15) is 36.0 Å². The highest BCUT2D eigenvalue weighted by Gasteiger charge is 2.28. The van der Waals surface area contributed by atoms with Crippen molar-refractivity contribution < 1.29 is 9.90 Å². The summed E-state index contributed by atoms with van der Waals surface area (Å²) >= 11 is 0. The van der Waals surface area contributed by atoms with Gasteiger partial charge in [0.05, 0.1) is 0 Å². The number of hydrogen-bond acceptors (Lipinski definition) is 3. The van der Waals surface area contributed by atoms with Gasteiger partial charge in [-0.25, -0.2) is 0 Å². The number of carbonyl (C=O) groups excluding carboxylic acids is 1. The zero-order valence-electron chi connectivity index (χ0n) is 9.88. The fourth-order valence-corrected chi connectivity index (χ4v) is 2.39. The van der Waals surface area contributed by atoms with Gasteiger partial charge in [0.1, 0.15) is 0 Å². The minimum Gasteiger partial charge on any atom is -0.396 e. The summed E-state index contributed by atoms with van der Waals surface area (Å²) in [6.45, 7) is 1.03. The molecule has 1 aliphatic rings. The lowest BCUT2D eigenvalue weighted by atomic mass is 10.1. The first-order valence-electron chi connectivity index (χ1n) is 6.15. The SMILES string of the molecule is O=C(c1ccncc1)N1CCC[C@@H]1CCCO. The molecule has 1 aromatic rings. The number of pyridine rings is 1.